The molecule has 2 amide bonds. The number of nitrogens with zero attached hydrogens (tertiary/aromatic N) is 1. The van der Waals surface area contributed by atoms with Crippen molar-refractivity contribution in [2.24, 2.45) is 5.92 Å². The van der Waals surface area contributed by atoms with Gasteiger partial charge in [0.1, 0.15) is 0 Å². The summed E-state index contributed by atoms with van der Waals surface area (Å²) in [4.78, 5) is 26.3. The molecule has 0 aromatic heterocycles. The number of carbonyl (C=O) groups is 2. The number of unbranched alkanes of at least 4 members (excludes halogenated alkanes) is 1. The number of hydrogen-bond donors (Lipinski definition) is 1. The van der Waals surface area contributed by atoms with Gasteiger partial charge in [0.25, 0.3) is 0 Å². The zero-order valence-electron chi connectivity index (χ0n) is 13.7. The molecule has 0 bridgehead atoms. The third-order valence-electron chi connectivity index (χ3n) is 3.53. The maximum Gasteiger partial charge on any atom is 0.225 e. The molecule has 116 valence electrons. The summed E-state index contributed by atoms with van der Waals surface area (Å²) in [5.74, 6) is 0.289. The Labute approximate surface area is 123 Å². The van der Waals surface area contributed by atoms with Crippen molar-refractivity contribution >= 4 is 11.8 Å². The highest BCUT2D eigenvalue weighted by atomic mass is 16.2. The van der Waals surface area contributed by atoms with Crippen LogP contribution >= 0.6 is 0 Å². The van der Waals surface area contributed by atoms with Crippen LogP contribution in [0.3, 0.4) is 0 Å². The van der Waals surface area contributed by atoms with Crippen molar-refractivity contribution in [2.75, 3.05) is 6.54 Å². The molecule has 0 radical (unpaired) electrons. The van der Waals surface area contributed by atoms with Crippen LogP contribution in [0.2, 0.25) is 0 Å². The normalized spacial score (nSPS) is 21.4. The molecule has 0 heterocycles. The van der Waals surface area contributed by atoms with Crippen molar-refractivity contribution < 1.29 is 9.59 Å². The smallest absolute Gasteiger partial charge is 0.225 e. The Bertz CT molecular complexity index is 347. The van der Waals surface area contributed by atoms with Gasteiger partial charge in [-0.1, -0.05) is 20.3 Å². The van der Waals surface area contributed by atoms with Crippen molar-refractivity contribution in [1.82, 2.24) is 10.2 Å². The van der Waals surface area contributed by atoms with Gasteiger partial charge < -0.3 is 10.2 Å². The highest BCUT2D eigenvalue weighted by Gasteiger charge is 2.48. The lowest BCUT2D eigenvalue weighted by molar-refractivity contribution is -0.132. The lowest BCUT2D eigenvalue weighted by Gasteiger charge is -2.24. The first-order valence-electron chi connectivity index (χ1n) is 7.91. The molecule has 0 saturated heterocycles. The van der Waals surface area contributed by atoms with E-state index in [0.717, 1.165) is 32.2 Å². The van der Waals surface area contributed by atoms with Gasteiger partial charge in [-0.2, -0.15) is 0 Å². The number of nitrogens with one attached hydrogen (secondary N) is 1. The largest absolute Gasteiger partial charge is 0.351 e. The average molecular weight is 282 g/mol. The highest BCUT2D eigenvalue weighted by Crippen LogP contribution is 2.37. The molecule has 1 N–H and O–H groups in total. The molecule has 0 spiro atoms. The molecule has 2 atom stereocenters. The Morgan fingerprint density at radius 1 is 1.20 bits per heavy atom. The minimum atomic E-state index is -0.202. The summed E-state index contributed by atoms with van der Waals surface area (Å²) in [7, 11) is 0. The van der Waals surface area contributed by atoms with E-state index in [1.54, 1.807) is 0 Å². The summed E-state index contributed by atoms with van der Waals surface area (Å²) in [5, 5.41) is 3.02. The first-order valence-corrected chi connectivity index (χ1v) is 7.91. The molecule has 0 aromatic rings. The molecule has 4 heteroatoms. The minimum Gasteiger partial charge on any atom is -0.351 e. The van der Waals surface area contributed by atoms with Gasteiger partial charge in [-0.15, -0.1) is 0 Å². The molecule has 4 nitrogen and oxygen atoms in total. The van der Waals surface area contributed by atoms with Gasteiger partial charge in [0.15, 0.2) is 0 Å². The molecule has 1 saturated carbocycles. The van der Waals surface area contributed by atoms with Crippen molar-refractivity contribution in [3.63, 3.8) is 0 Å². The van der Waals surface area contributed by atoms with Crippen molar-refractivity contribution in [3.05, 3.63) is 0 Å². The lowest BCUT2D eigenvalue weighted by Crippen LogP contribution is -2.43. The third kappa shape index (κ3) is 5.14. The summed E-state index contributed by atoms with van der Waals surface area (Å²) in [6, 6.07) is 0.128. The zero-order valence-corrected chi connectivity index (χ0v) is 13.7. The van der Waals surface area contributed by atoms with Crippen LogP contribution in [0.25, 0.3) is 0 Å². The van der Waals surface area contributed by atoms with E-state index in [4.69, 9.17) is 0 Å². The van der Waals surface area contributed by atoms with Crippen LogP contribution in [0.1, 0.15) is 66.7 Å². The second kappa shape index (κ2) is 7.09. The summed E-state index contributed by atoms with van der Waals surface area (Å²) < 4.78 is 0. The van der Waals surface area contributed by atoms with E-state index in [2.05, 4.69) is 12.2 Å². The molecular formula is C16H30N2O2. The third-order valence-corrected chi connectivity index (χ3v) is 3.53. The van der Waals surface area contributed by atoms with Crippen LogP contribution in [-0.2, 0) is 9.59 Å². The van der Waals surface area contributed by atoms with Gasteiger partial charge >= 0.3 is 0 Å². The summed E-state index contributed by atoms with van der Waals surface area (Å²) in [6.07, 6.45) is 4.36. The van der Waals surface area contributed by atoms with Gasteiger partial charge in [0.2, 0.25) is 11.8 Å². The van der Waals surface area contributed by atoms with Gasteiger partial charge in [-0.25, -0.2) is 0 Å². The van der Waals surface area contributed by atoms with E-state index >= 15 is 0 Å². The summed E-state index contributed by atoms with van der Waals surface area (Å²) >= 11 is 0. The Hall–Kier alpha value is -1.06. The Kier molecular flexibility index (Phi) is 6.03. The number of amides is 2. The van der Waals surface area contributed by atoms with Gasteiger partial charge in [-0.05, 0) is 40.0 Å². The van der Waals surface area contributed by atoms with E-state index in [1.165, 1.54) is 0 Å². The number of hydrogen-bond acceptors (Lipinski definition) is 2. The topological polar surface area (TPSA) is 49.4 Å². The highest BCUT2D eigenvalue weighted by molar-refractivity contribution is 5.85. The lowest BCUT2D eigenvalue weighted by atomic mass is 10.1. The molecule has 20 heavy (non-hydrogen) atoms. The molecule has 1 rings (SSSR count). The number of rotatable bonds is 7. The standard InChI is InChI=1S/C16H30N2O2/c1-6-8-10-18(14(19)9-7-2)13-11-12(13)15(20)17-16(3,4)5/h12-13H,6-11H2,1-5H3,(H,17,20)/t12-,13-/m1/s1. The fraction of sp³-hybridized carbons (Fsp3) is 0.875. The van der Waals surface area contributed by atoms with E-state index in [0.29, 0.717) is 6.42 Å². The van der Waals surface area contributed by atoms with E-state index < -0.39 is 0 Å². The van der Waals surface area contributed by atoms with Crippen molar-refractivity contribution in [3.8, 4) is 0 Å². The fourth-order valence-corrected chi connectivity index (χ4v) is 2.43. The van der Waals surface area contributed by atoms with Crippen LogP contribution in [0, 0.1) is 5.92 Å². The van der Waals surface area contributed by atoms with Crippen LogP contribution in [0.15, 0.2) is 0 Å². The van der Waals surface area contributed by atoms with Crippen LogP contribution in [0.5, 0.6) is 0 Å². The minimum absolute atomic E-state index is 0.00751. The van der Waals surface area contributed by atoms with Crippen LogP contribution < -0.4 is 5.32 Å². The fourth-order valence-electron chi connectivity index (χ4n) is 2.43. The number of carbonyl (C=O) groups excluding carboxylic acids is 2. The molecule has 1 aliphatic carbocycles. The Balaban J connectivity index is 2.57. The van der Waals surface area contributed by atoms with Crippen LogP contribution in [-0.4, -0.2) is 34.8 Å². The first kappa shape index (κ1) is 17.0. The summed E-state index contributed by atoms with van der Waals surface area (Å²) in [5.41, 5.74) is -0.202. The first-order chi connectivity index (χ1) is 9.30. The molecule has 1 fully saturated rings. The maximum atomic E-state index is 12.2. The predicted octanol–water partition coefficient (Wildman–Crippen LogP) is 2.72. The quantitative estimate of drug-likeness (QED) is 0.780. The zero-order chi connectivity index (χ0) is 15.3. The molecule has 0 aromatic carbocycles. The second-order valence-corrected chi connectivity index (χ2v) is 6.84. The van der Waals surface area contributed by atoms with E-state index in [9.17, 15) is 9.59 Å². The molecule has 0 aliphatic heterocycles. The van der Waals surface area contributed by atoms with Gasteiger partial charge in [0, 0.05) is 24.5 Å². The predicted molar refractivity (Wildman–Crippen MR) is 81.3 cm³/mol. The molecule has 0 unspecified atom stereocenters. The van der Waals surface area contributed by atoms with Gasteiger partial charge in [-0.3, -0.25) is 9.59 Å². The second-order valence-electron chi connectivity index (χ2n) is 6.84. The average Bonchev–Trinajstić information content (AvgIpc) is 3.08. The maximum absolute atomic E-state index is 12.2. The van der Waals surface area contributed by atoms with Crippen molar-refractivity contribution in [2.45, 2.75) is 78.3 Å². The van der Waals surface area contributed by atoms with Crippen LogP contribution in [0.4, 0.5) is 0 Å². The monoisotopic (exact) mass is 282 g/mol. The molecular weight excluding hydrogens is 252 g/mol. The Morgan fingerprint density at radius 2 is 1.85 bits per heavy atom. The van der Waals surface area contributed by atoms with Gasteiger partial charge in [0.05, 0.1) is 5.92 Å². The molecule has 1 aliphatic rings. The SMILES string of the molecule is CCCCN(C(=O)CCC)[C@@H]1C[C@H]1C(=O)NC(C)(C)C. The van der Waals surface area contributed by atoms with E-state index in [1.807, 2.05) is 32.6 Å². The van der Waals surface area contributed by atoms with E-state index in [-0.39, 0.29) is 29.3 Å². The summed E-state index contributed by atoms with van der Waals surface area (Å²) in [6.45, 7) is 10.9. The Morgan fingerprint density at radius 3 is 2.35 bits per heavy atom. The van der Waals surface area contributed by atoms with Crippen molar-refractivity contribution in [1.29, 1.82) is 0 Å².